The van der Waals surface area contributed by atoms with Crippen LogP contribution in [0, 0.1) is 12.8 Å². The minimum Gasteiger partial charge on any atom is -0.335 e. The molecule has 1 aromatic heterocycles. The second kappa shape index (κ2) is 5.35. The molecule has 4 nitrogen and oxygen atoms in total. The zero-order valence-electron chi connectivity index (χ0n) is 11.8. The van der Waals surface area contributed by atoms with E-state index in [1.54, 1.807) is 12.3 Å². The fourth-order valence-corrected chi connectivity index (χ4v) is 3.56. The number of nitrogens with zero attached hydrogens (tertiary/aromatic N) is 2. The number of carbonyl (C=O) groups excluding carboxylic acids is 2. The maximum absolute atomic E-state index is 12.7. The lowest BCUT2D eigenvalue weighted by atomic mass is 9.95. The third kappa shape index (κ3) is 2.35. The van der Waals surface area contributed by atoms with Crippen molar-refractivity contribution in [3.05, 3.63) is 29.6 Å². The summed E-state index contributed by atoms with van der Waals surface area (Å²) in [4.78, 5) is 30.7. The molecule has 3 rings (SSSR count). The van der Waals surface area contributed by atoms with E-state index < -0.39 is 0 Å². The molecular formula is C16H20N2O2. The fourth-order valence-electron chi connectivity index (χ4n) is 3.56. The molecule has 20 heavy (non-hydrogen) atoms. The summed E-state index contributed by atoms with van der Waals surface area (Å²) < 4.78 is 0. The van der Waals surface area contributed by atoms with Gasteiger partial charge in [-0.2, -0.15) is 0 Å². The molecule has 2 fully saturated rings. The van der Waals surface area contributed by atoms with Crippen LogP contribution >= 0.6 is 0 Å². The molecule has 1 aliphatic heterocycles. The van der Waals surface area contributed by atoms with Crippen molar-refractivity contribution in [2.45, 2.75) is 45.1 Å². The first-order chi connectivity index (χ1) is 9.66. The van der Waals surface area contributed by atoms with Gasteiger partial charge in [0.1, 0.15) is 5.78 Å². The van der Waals surface area contributed by atoms with Crippen LogP contribution in [-0.2, 0) is 4.79 Å². The van der Waals surface area contributed by atoms with Crippen molar-refractivity contribution in [2.24, 2.45) is 5.92 Å². The number of aromatic nitrogens is 1. The molecule has 0 bridgehead atoms. The minimum atomic E-state index is 0.0534. The number of amides is 1. The Morgan fingerprint density at radius 3 is 2.90 bits per heavy atom. The summed E-state index contributed by atoms with van der Waals surface area (Å²) in [5.41, 5.74) is 1.54. The van der Waals surface area contributed by atoms with Crippen LogP contribution in [0.3, 0.4) is 0 Å². The number of Topliss-reactive ketones (excluding diaryl/α,β-unsaturated/α-hetero) is 1. The van der Waals surface area contributed by atoms with Crippen LogP contribution < -0.4 is 0 Å². The fraction of sp³-hybridized carbons (Fsp3) is 0.562. The highest BCUT2D eigenvalue weighted by atomic mass is 16.2. The molecule has 0 radical (unpaired) electrons. The van der Waals surface area contributed by atoms with Gasteiger partial charge in [0, 0.05) is 42.4 Å². The number of pyridine rings is 1. The van der Waals surface area contributed by atoms with Crippen molar-refractivity contribution >= 4 is 11.7 Å². The Morgan fingerprint density at radius 1 is 1.35 bits per heavy atom. The van der Waals surface area contributed by atoms with Gasteiger partial charge in [-0.1, -0.05) is 0 Å². The van der Waals surface area contributed by atoms with Crippen molar-refractivity contribution in [2.75, 3.05) is 6.54 Å². The SMILES string of the molecule is Cc1cc(C(=O)N2CCCC2C2CCCC2=O)ccn1. The molecule has 4 heteroatoms. The second-order valence-electron chi connectivity index (χ2n) is 5.86. The largest absolute Gasteiger partial charge is 0.335 e. The lowest BCUT2D eigenvalue weighted by Crippen LogP contribution is -2.41. The highest BCUT2D eigenvalue weighted by Crippen LogP contribution is 2.34. The molecule has 0 aromatic carbocycles. The van der Waals surface area contributed by atoms with Crippen LogP contribution in [-0.4, -0.2) is 34.2 Å². The summed E-state index contributed by atoms with van der Waals surface area (Å²) in [5, 5.41) is 0. The summed E-state index contributed by atoms with van der Waals surface area (Å²) in [6, 6.07) is 3.71. The summed E-state index contributed by atoms with van der Waals surface area (Å²) in [6.07, 6.45) is 6.27. The van der Waals surface area contributed by atoms with E-state index in [2.05, 4.69) is 4.98 Å². The van der Waals surface area contributed by atoms with Gasteiger partial charge in [0.25, 0.3) is 5.91 Å². The van der Waals surface area contributed by atoms with Gasteiger partial charge in [-0.25, -0.2) is 0 Å². The number of hydrogen-bond acceptors (Lipinski definition) is 3. The van der Waals surface area contributed by atoms with E-state index in [4.69, 9.17) is 0 Å². The summed E-state index contributed by atoms with van der Waals surface area (Å²) in [5.74, 6) is 0.475. The Hall–Kier alpha value is -1.71. The maximum atomic E-state index is 12.7. The topological polar surface area (TPSA) is 50.3 Å². The lowest BCUT2D eigenvalue weighted by molar-refractivity contribution is -0.121. The number of aryl methyl sites for hydroxylation is 1. The monoisotopic (exact) mass is 272 g/mol. The van der Waals surface area contributed by atoms with E-state index in [0.717, 1.165) is 37.9 Å². The smallest absolute Gasteiger partial charge is 0.254 e. The molecule has 2 atom stereocenters. The van der Waals surface area contributed by atoms with Crippen LogP contribution in [0.1, 0.15) is 48.2 Å². The van der Waals surface area contributed by atoms with E-state index in [-0.39, 0.29) is 17.9 Å². The maximum Gasteiger partial charge on any atom is 0.254 e. The van der Waals surface area contributed by atoms with Gasteiger partial charge in [0.15, 0.2) is 0 Å². The normalized spacial score (nSPS) is 26.2. The third-order valence-electron chi connectivity index (χ3n) is 4.52. The third-order valence-corrected chi connectivity index (χ3v) is 4.52. The van der Waals surface area contributed by atoms with E-state index >= 15 is 0 Å². The molecule has 2 aliphatic rings. The zero-order valence-corrected chi connectivity index (χ0v) is 11.8. The molecular weight excluding hydrogens is 252 g/mol. The minimum absolute atomic E-state index is 0.0534. The molecule has 1 aromatic rings. The Balaban J connectivity index is 1.81. The molecule has 1 amide bonds. The molecule has 2 heterocycles. The lowest BCUT2D eigenvalue weighted by Gasteiger charge is -2.28. The molecule has 1 aliphatic carbocycles. The number of carbonyl (C=O) groups is 2. The van der Waals surface area contributed by atoms with Crippen molar-refractivity contribution < 1.29 is 9.59 Å². The Labute approximate surface area is 119 Å². The molecule has 0 spiro atoms. The Bertz CT molecular complexity index is 541. The highest BCUT2D eigenvalue weighted by molar-refractivity contribution is 5.95. The Morgan fingerprint density at radius 2 is 2.20 bits per heavy atom. The van der Waals surface area contributed by atoms with Crippen molar-refractivity contribution in [3.8, 4) is 0 Å². The molecule has 1 saturated heterocycles. The quantitative estimate of drug-likeness (QED) is 0.830. The van der Waals surface area contributed by atoms with Gasteiger partial charge >= 0.3 is 0 Å². The van der Waals surface area contributed by atoms with E-state index in [1.165, 1.54) is 0 Å². The molecule has 1 saturated carbocycles. The predicted octanol–water partition coefficient (Wildman–Crippen LogP) is 2.36. The van der Waals surface area contributed by atoms with Crippen molar-refractivity contribution in [3.63, 3.8) is 0 Å². The first-order valence-corrected chi connectivity index (χ1v) is 7.43. The van der Waals surface area contributed by atoms with Gasteiger partial charge in [-0.15, -0.1) is 0 Å². The number of hydrogen-bond donors (Lipinski definition) is 0. The molecule has 2 unspecified atom stereocenters. The standard InChI is InChI=1S/C16H20N2O2/c1-11-10-12(7-8-17-11)16(20)18-9-3-5-14(18)13-4-2-6-15(13)19/h7-8,10,13-14H,2-6,9H2,1H3. The number of ketones is 1. The van der Waals surface area contributed by atoms with Gasteiger partial charge < -0.3 is 4.90 Å². The second-order valence-corrected chi connectivity index (χ2v) is 5.86. The van der Waals surface area contributed by atoms with Crippen LogP contribution in [0.15, 0.2) is 18.3 Å². The van der Waals surface area contributed by atoms with E-state index in [9.17, 15) is 9.59 Å². The van der Waals surface area contributed by atoms with Crippen LogP contribution in [0.5, 0.6) is 0 Å². The first kappa shape index (κ1) is 13.3. The average molecular weight is 272 g/mol. The van der Waals surface area contributed by atoms with Crippen LogP contribution in [0.4, 0.5) is 0 Å². The summed E-state index contributed by atoms with van der Waals surface area (Å²) in [7, 11) is 0. The van der Waals surface area contributed by atoms with Crippen molar-refractivity contribution in [1.82, 2.24) is 9.88 Å². The predicted molar refractivity (Wildman–Crippen MR) is 75.4 cm³/mol. The molecule has 0 N–H and O–H groups in total. The Kier molecular flexibility index (Phi) is 3.55. The average Bonchev–Trinajstić information content (AvgIpc) is 3.06. The van der Waals surface area contributed by atoms with Crippen LogP contribution in [0.25, 0.3) is 0 Å². The van der Waals surface area contributed by atoms with Crippen LogP contribution in [0.2, 0.25) is 0 Å². The zero-order chi connectivity index (χ0) is 14.1. The van der Waals surface area contributed by atoms with Gasteiger partial charge in [0.2, 0.25) is 0 Å². The first-order valence-electron chi connectivity index (χ1n) is 7.43. The van der Waals surface area contributed by atoms with Crippen molar-refractivity contribution in [1.29, 1.82) is 0 Å². The van der Waals surface area contributed by atoms with E-state index in [0.29, 0.717) is 17.8 Å². The summed E-state index contributed by atoms with van der Waals surface area (Å²) >= 11 is 0. The van der Waals surface area contributed by atoms with Gasteiger partial charge in [0.05, 0.1) is 0 Å². The van der Waals surface area contributed by atoms with E-state index in [1.807, 2.05) is 17.9 Å². The number of likely N-dealkylation sites (tertiary alicyclic amines) is 1. The summed E-state index contributed by atoms with van der Waals surface area (Å²) in [6.45, 7) is 2.66. The van der Waals surface area contributed by atoms with Gasteiger partial charge in [-0.05, 0) is 44.7 Å². The van der Waals surface area contributed by atoms with Gasteiger partial charge in [-0.3, -0.25) is 14.6 Å². The molecule has 106 valence electrons. The number of rotatable bonds is 2. The highest BCUT2D eigenvalue weighted by Gasteiger charge is 2.40.